The average molecular weight is 179 g/mol. The zero-order valence-electron chi connectivity index (χ0n) is 6.90. The van der Waals surface area contributed by atoms with Gasteiger partial charge in [0.05, 0.1) is 5.69 Å². The highest BCUT2D eigenvalue weighted by molar-refractivity contribution is 5.86. The lowest BCUT2D eigenvalue weighted by atomic mass is 10.1. The van der Waals surface area contributed by atoms with Crippen molar-refractivity contribution < 1.29 is 15.0 Å². The van der Waals surface area contributed by atoms with Crippen LogP contribution in [0.3, 0.4) is 0 Å². The SMILES string of the molecule is C=C(Cc1ncccc1O)C(=O)O. The van der Waals surface area contributed by atoms with E-state index in [-0.39, 0.29) is 17.7 Å². The standard InChI is InChI=1S/C9H9NO3/c1-6(9(12)13)5-7-8(11)3-2-4-10-7/h2-4,11H,1,5H2,(H,12,13). The largest absolute Gasteiger partial charge is 0.506 e. The summed E-state index contributed by atoms with van der Waals surface area (Å²) in [5.74, 6) is -1.09. The summed E-state index contributed by atoms with van der Waals surface area (Å²) in [6, 6.07) is 3.03. The fourth-order valence-electron chi connectivity index (χ4n) is 0.843. The number of aliphatic carboxylic acids is 1. The van der Waals surface area contributed by atoms with Crippen LogP contribution in [-0.2, 0) is 11.2 Å². The Morgan fingerprint density at radius 2 is 2.31 bits per heavy atom. The molecule has 0 aliphatic heterocycles. The van der Waals surface area contributed by atoms with Gasteiger partial charge >= 0.3 is 5.97 Å². The molecule has 0 aromatic carbocycles. The van der Waals surface area contributed by atoms with E-state index >= 15 is 0 Å². The van der Waals surface area contributed by atoms with Crippen LogP contribution in [0.2, 0.25) is 0 Å². The lowest BCUT2D eigenvalue weighted by Crippen LogP contribution is -2.03. The Morgan fingerprint density at radius 3 is 2.85 bits per heavy atom. The molecule has 0 spiro atoms. The predicted molar refractivity (Wildman–Crippen MR) is 46.4 cm³/mol. The van der Waals surface area contributed by atoms with Gasteiger partial charge in [0.15, 0.2) is 0 Å². The molecule has 0 atom stereocenters. The van der Waals surface area contributed by atoms with Crippen LogP contribution in [0.15, 0.2) is 30.5 Å². The Balaban J connectivity index is 2.81. The van der Waals surface area contributed by atoms with E-state index in [0.29, 0.717) is 5.69 Å². The number of rotatable bonds is 3. The van der Waals surface area contributed by atoms with E-state index in [1.807, 2.05) is 0 Å². The number of hydrogen-bond acceptors (Lipinski definition) is 3. The second kappa shape index (κ2) is 3.71. The fourth-order valence-corrected chi connectivity index (χ4v) is 0.843. The van der Waals surface area contributed by atoms with Gasteiger partial charge in [0, 0.05) is 18.2 Å². The average Bonchev–Trinajstić information content (AvgIpc) is 2.08. The summed E-state index contributed by atoms with van der Waals surface area (Å²) in [6.07, 6.45) is 1.55. The number of carbonyl (C=O) groups is 1. The molecule has 2 N–H and O–H groups in total. The maximum atomic E-state index is 10.4. The van der Waals surface area contributed by atoms with E-state index in [9.17, 15) is 9.90 Å². The number of aromatic hydroxyl groups is 1. The molecule has 0 radical (unpaired) electrons. The maximum Gasteiger partial charge on any atom is 0.331 e. The van der Waals surface area contributed by atoms with Crippen molar-refractivity contribution in [3.05, 3.63) is 36.2 Å². The molecule has 0 saturated heterocycles. The number of carboxylic acids is 1. The summed E-state index contributed by atoms with van der Waals surface area (Å²) in [4.78, 5) is 14.2. The van der Waals surface area contributed by atoms with Gasteiger partial charge in [-0.1, -0.05) is 6.58 Å². The first-order valence-electron chi connectivity index (χ1n) is 3.65. The molecule has 4 heteroatoms. The molecule has 0 aliphatic carbocycles. The first-order valence-corrected chi connectivity index (χ1v) is 3.65. The van der Waals surface area contributed by atoms with Crippen molar-refractivity contribution in [2.24, 2.45) is 0 Å². The number of hydrogen-bond donors (Lipinski definition) is 2. The number of pyridine rings is 1. The van der Waals surface area contributed by atoms with Gasteiger partial charge in [-0.05, 0) is 12.1 Å². The highest BCUT2D eigenvalue weighted by atomic mass is 16.4. The van der Waals surface area contributed by atoms with Gasteiger partial charge in [-0.3, -0.25) is 4.98 Å². The van der Waals surface area contributed by atoms with E-state index in [1.165, 1.54) is 12.3 Å². The molecule has 0 fully saturated rings. The summed E-state index contributed by atoms with van der Waals surface area (Å²) in [5.41, 5.74) is 0.337. The molecule has 68 valence electrons. The van der Waals surface area contributed by atoms with Crippen molar-refractivity contribution in [3.63, 3.8) is 0 Å². The second-order valence-electron chi connectivity index (χ2n) is 2.55. The maximum absolute atomic E-state index is 10.4. The molecule has 4 nitrogen and oxygen atoms in total. The van der Waals surface area contributed by atoms with Gasteiger partial charge in [0.2, 0.25) is 0 Å². The van der Waals surface area contributed by atoms with E-state index in [2.05, 4.69) is 11.6 Å². The van der Waals surface area contributed by atoms with Crippen LogP contribution in [0, 0.1) is 0 Å². The molecular formula is C9H9NO3. The monoisotopic (exact) mass is 179 g/mol. The molecule has 1 rings (SSSR count). The zero-order chi connectivity index (χ0) is 9.84. The van der Waals surface area contributed by atoms with E-state index in [4.69, 9.17) is 5.11 Å². The van der Waals surface area contributed by atoms with E-state index in [0.717, 1.165) is 0 Å². The highest BCUT2D eigenvalue weighted by Gasteiger charge is 2.08. The fraction of sp³-hybridized carbons (Fsp3) is 0.111. The molecule has 0 saturated carbocycles. The number of nitrogens with zero attached hydrogens (tertiary/aromatic N) is 1. The molecule has 1 heterocycles. The van der Waals surface area contributed by atoms with Gasteiger partial charge in [-0.15, -0.1) is 0 Å². The summed E-state index contributed by atoms with van der Waals surface area (Å²) in [7, 11) is 0. The lowest BCUT2D eigenvalue weighted by Gasteiger charge is -2.01. The van der Waals surface area contributed by atoms with Crippen molar-refractivity contribution in [3.8, 4) is 5.75 Å². The van der Waals surface area contributed by atoms with Crippen LogP contribution in [0.25, 0.3) is 0 Å². The first-order chi connectivity index (χ1) is 6.11. The molecule has 0 amide bonds. The van der Waals surface area contributed by atoms with E-state index in [1.54, 1.807) is 6.07 Å². The minimum absolute atomic E-state index is 0.00833. The third-order valence-corrected chi connectivity index (χ3v) is 1.55. The second-order valence-corrected chi connectivity index (χ2v) is 2.55. The molecule has 0 aliphatic rings. The third-order valence-electron chi connectivity index (χ3n) is 1.55. The Morgan fingerprint density at radius 1 is 1.62 bits per heavy atom. The smallest absolute Gasteiger partial charge is 0.331 e. The van der Waals surface area contributed by atoms with E-state index < -0.39 is 5.97 Å². The first kappa shape index (κ1) is 9.25. The minimum Gasteiger partial charge on any atom is -0.506 e. The number of carboxylic acid groups (broad SMARTS) is 1. The molecule has 1 aromatic rings. The Labute approximate surface area is 75.2 Å². The summed E-state index contributed by atoms with van der Waals surface area (Å²) < 4.78 is 0. The van der Waals surface area contributed by atoms with Gasteiger partial charge in [0.25, 0.3) is 0 Å². The number of aromatic nitrogens is 1. The zero-order valence-corrected chi connectivity index (χ0v) is 6.90. The molecule has 0 bridgehead atoms. The summed E-state index contributed by atoms with van der Waals surface area (Å²) in [6.45, 7) is 3.34. The Bertz CT molecular complexity index is 346. The van der Waals surface area contributed by atoms with Crippen LogP contribution in [-0.4, -0.2) is 21.2 Å². The third kappa shape index (κ3) is 2.30. The quantitative estimate of drug-likeness (QED) is 0.678. The highest BCUT2D eigenvalue weighted by Crippen LogP contribution is 2.15. The van der Waals surface area contributed by atoms with Crippen LogP contribution < -0.4 is 0 Å². The normalized spacial score (nSPS) is 9.54. The van der Waals surface area contributed by atoms with Crippen molar-refractivity contribution in [2.45, 2.75) is 6.42 Å². The van der Waals surface area contributed by atoms with Crippen molar-refractivity contribution in [1.29, 1.82) is 0 Å². The molecule has 13 heavy (non-hydrogen) atoms. The van der Waals surface area contributed by atoms with Gasteiger partial charge in [-0.25, -0.2) is 4.79 Å². The topological polar surface area (TPSA) is 70.4 Å². The van der Waals surface area contributed by atoms with Crippen molar-refractivity contribution >= 4 is 5.97 Å². The molecule has 0 unspecified atom stereocenters. The van der Waals surface area contributed by atoms with Gasteiger partial charge in [-0.2, -0.15) is 0 Å². The summed E-state index contributed by atoms with van der Waals surface area (Å²) >= 11 is 0. The van der Waals surface area contributed by atoms with Crippen LogP contribution in [0.1, 0.15) is 5.69 Å². The van der Waals surface area contributed by atoms with Gasteiger partial charge < -0.3 is 10.2 Å². The predicted octanol–water partition coefficient (Wildman–Crippen LogP) is 0.970. The Hall–Kier alpha value is -1.84. The molecular weight excluding hydrogens is 170 g/mol. The van der Waals surface area contributed by atoms with Gasteiger partial charge in [0.1, 0.15) is 5.75 Å². The minimum atomic E-state index is -1.08. The van der Waals surface area contributed by atoms with Crippen LogP contribution in [0.4, 0.5) is 0 Å². The van der Waals surface area contributed by atoms with Crippen LogP contribution >= 0.6 is 0 Å². The lowest BCUT2D eigenvalue weighted by molar-refractivity contribution is -0.132. The van der Waals surface area contributed by atoms with Crippen LogP contribution in [0.5, 0.6) is 5.75 Å². The summed E-state index contributed by atoms with van der Waals surface area (Å²) in [5, 5.41) is 17.8. The molecule has 1 aromatic heterocycles. The Kier molecular flexibility index (Phi) is 2.64. The van der Waals surface area contributed by atoms with Crippen molar-refractivity contribution in [2.75, 3.05) is 0 Å². The van der Waals surface area contributed by atoms with Crippen molar-refractivity contribution in [1.82, 2.24) is 4.98 Å².